The van der Waals surface area contributed by atoms with Gasteiger partial charge >= 0.3 is 0 Å². The number of hydrogen-bond donors (Lipinski definition) is 2. The molecule has 3 N–H and O–H groups in total. The van der Waals surface area contributed by atoms with Crippen molar-refractivity contribution in [3.05, 3.63) is 28.3 Å². The number of nitrogens with zero attached hydrogens (tertiary/aromatic N) is 2. The van der Waals surface area contributed by atoms with Crippen molar-refractivity contribution in [1.82, 2.24) is 4.98 Å². The summed E-state index contributed by atoms with van der Waals surface area (Å²) in [6, 6.07) is 4.66. The number of aromatic nitrogens is 1. The molecule has 17 heavy (non-hydrogen) atoms. The van der Waals surface area contributed by atoms with E-state index in [0.29, 0.717) is 30.2 Å². The number of oxazole rings is 1. The fraction of sp³-hybridized carbons (Fsp3) is 0.300. The minimum Gasteiger partial charge on any atom is -0.424 e. The summed E-state index contributed by atoms with van der Waals surface area (Å²) in [5.41, 5.74) is 6.34. The smallest absolute Gasteiger partial charge is 0.295 e. The summed E-state index contributed by atoms with van der Waals surface area (Å²) < 4.78 is 5.36. The molecule has 1 aromatic heterocycles. The van der Waals surface area contributed by atoms with Crippen molar-refractivity contribution in [2.24, 2.45) is 5.73 Å². The molecule has 0 saturated heterocycles. The van der Waals surface area contributed by atoms with Gasteiger partial charge in [0, 0.05) is 18.7 Å². The molecular formula is C10H12N4O3. The molecule has 0 unspecified atom stereocenters. The number of benzene rings is 1. The van der Waals surface area contributed by atoms with Crippen LogP contribution >= 0.6 is 0 Å². The van der Waals surface area contributed by atoms with Gasteiger partial charge in [0.2, 0.25) is 0 Å². The zero-order valence-corrected chi connectivity index (χ0v) is 9.05. The molecule has 0 bridgehead atoms. The topological polar surface area (TPSA) is 107 Å². The maximum absolute atomic E-state index is 10.6. The summed E-state index contributed by atoms with van der Waals surface area (Å²) in [6.07, 6.45) is 0.804. The molecule has 0 aliphatic heterocycles. The Hall–Kier alpha value is -2.15. The van der Waals surface area contributed by atoms with Gasteiger partial charge < -0.3 is 15.5 Å². The van der Waals surface area contributed by atoms with Crippen LogP contribution in [0.25, 0.3) is 11.1 Å². The number of rotatable bonds is 5. The molecule has 0 atom stereocenters. The first-order chi connectivity index (χ1) is 8.20. The van der Waals surface area contributed by atoms with Crippen LogP contribution in [0.3, 0.4) is 0 Å². The van der Waals surface area contributed by atoms with E-state index < -0.39 is 4.92 Å². The monoisotopic (exact) mass is 236 g/mol. The Labute approximate surface area is 96.8 Å². The van der Waals surface area contributed by atoms with Crippen LogP contribution in [0, 0.1) is 10.1 Å². The summed E-state index contributed by atoms with van der Waals surface area (Å²) in [6.45, 7) is 1.24. The molecular weight excluding hydrogens is 224 g/mol. The molecule has 1 aromatic carbocycles. The molecule has 7 heteroatoms. The summed E-state index contributed by atoms with van der Waals surface area (Å²) in [5, 5.41) is 13.5. The van der Waals surface area contributed by atoms with Crippen LogP contribution in [-0.4, -0.2) is 23.0 Å². The molecule has 0 amide bonds. The number of nitrogens with two attached hydrogens (primary N) is 1. The fourth-order valence-electron chi connectivity index (χ4n) is 1.40. The van der Waals surface area contributed by atoms with Gasteiger partial charge in [-0.2, -0.15) is 4.98 Å². The predicted octanol–water partition coefficient (Wildman–Crippen LogP) is 1.50. The van der Waals surface area contributed by atoms with E-state index in [9.17, 15) is 10.1 Å². The van der Waals surface area contributed by atoms with Crippen molar-refractivity contribution in [3.63, 3.8) is 0 Å². The zero-order chi connectivity index (χ0) is 12.3. The second kappa shape index (κ2) is 4.79. The lowest BCUT2D eigenvalue weighted by atomic mass is 10.3. The normalized spacial score (nSPS) is 10.6. The summed E-state index contributed by atoms with van der Waals surface area (Å²) >= 11 is 0. The number of anilines is 1. The van der Waals surface area contributed by atoms with Crippen molar-refractivity contribution in [1.29, 1.82) is 0 Å². The highest BCUT2D eigenvalue weighted by Crippen LogP contribution is 2.23. The summed E-state index contributed by atoms with van der Waals surface area (Å²) in [4.78, 5) is 14.2. The van der Waals surface area contributed by atoms with Crippen molar-refractivity contribution in [3.8, 4) is 0 Å². The molecule has 0 radical (unpaired) electrons. The molecule has 2 aromatic rings. The van der Waals surface area contributed by atoms with Gasteiger partial charge in [-0.15, -0.1) is 0 Å². The number of hydrogen-bond acceptors (Lipinski definition) is 6. The third-order valence-corrected chi connectivity index (χ3v) is 2.24. The van der Waals surface area contributed by atoms with E-state index in [1.165, 1.54) is 18.2 Å². The molecule has 7 nitrogen and oxygen atoms in total. The number of fused-ring (bicyclic) bond motifs is 1. The van der Waals surface area contributed by atoms with E-state index in [0.717, 1.165) is 6.42 Å². The number of non-ortho nitro benzene ring substituents is 1. The Bertz CT molecular complexity index is 537. The second-order valence-corrected chi connectivity index (χ2v) is 3.50. The lowest BCUT2D eigenvalue weighted by Crippen LogP contribution is -2.08. The van der Waals surface area contributed by atoms with E-state index in [1.54, 1.807) is 0 Å². The van der Waals surface area contributed by atoms with E-state index >= 15 is 0 Å². The van der Waals surface area contributed by atoms with Gasteiger partial charge in [0.15, 0.2) is 5.58 Å². The van der Waals surface area contributed by atoms with Gasteiger partial charge in [-0.3, -0.25) is 10.1 Å². The minimum absolute atomic E-state index is 0.000641. The van der Waals surface area contributed by atoms with Gasteiger partial charge in [0.25, 0.3) is 11.7 Å². The van der Waals surface area contributed by atoms with Crippen LogP contribution in [0.2, 0.25) is 0 Å². The number of nitro benzene ring substituents is 1. The highest BCUT2D eigenvalue weighted by molar-refractivity contribution is 5.77. The molecule has 1 heterocycles. The average molecular weight is 236 g/mol. The van der Waals surface area contributed by atoms with Crippen molar-refractivity contribution in [2.45, 2.75) is 6.42 Å². The zero-order valence-electron chi connectivity index (χ0n) is 9.05. The maximum atomic E-state index is 10.6. The Morgan fingerprint density at radius 3 is 3.06 bits per heavy atom. The van der Waals surface area contributed by atoms with Gasteiger partial charge in [-0.05, 0) is 19.0 Å². The Kier molecular flexibility index (Phi) is 3.20. The summed E-state index contributed by atoms with van der Waals surface area (Å²) in [7, 11) is 0. The lowest BCUT2D eigenvalue weighted by molar-refractivity contribution is -0.384. The minimum atomic E-state index is -0.463. The van der Waals surface area contributed by atoms with E-state index in [4.69, 9.17) is 10.2 Å². The Morgan fingerprint density at radius 2 is 2.35 bits per heavy atom. The van der Waals surface area contributed by atoms with Gasteiger partial charge in [0.1, 0.15) is 5.52 Å². The molecule has 0 saturated carbocycles. The van der Waals surface area contributed by atoms with Crippen molar-refractivity contribution < 1.29 is 9.34 Å². The fourth-order valence-corrected chi connectivity index (χ4v) is 1.40. The number of nitro groups is 1. The third kappa shape index (κ3) is 2.51. The predicted molar refractivity (Wildman–Crippen MR) is 62.8 cm³/mol. The van der Waals surface area contributed by atoms with Crippen LogP contribution in [-0.2, 0) is 0 Å². The largest absolute Gasteiger partial charge is 0.424 e. The first-order valence-corrected chi connectivity index (χ1v) is 5.19. The molecule has 0 aliphatic rings. The first-order valence-electron chi connectivity index (χ1n) is 5.19. The van der Waals surface area contributed by atoms with E-state index in [-0.39, 0.29) is 5.69 Å². The first kappa shape index (κ1) is 11.3. The van der Waals surface area contributed by atoms with E-state index in [2.05, 4.69) is 10.3 Å². The molecule has 0 aliphatic carbocycles. The number of nitrogens with one attached hydrogen (secondary N) is 1. The van der Waals surface area contributed by atoms with Crippen LogP contribution in [0.1, 0.15) is 6.42 Å². The summed E-state index contributed by atoms with van der Waals surface area (Å²) in [5.74, 6) is 0. The van der Waals surface area contributed by atoms with Crippen LogP contribution in [0.4, 0.5) is 11.7 Å². The second-order valence-electron chi connectivity index (χ2n) is 3.50. The van der Waals surface area contributed by atoms with Crippen LogP contribution in [0.15, 0.2) is 22.6 Å². The molecule has 0 fully saturated rings. The third-order valence-electron chi connectivity index (χ3n) is 2.24. The van der Waals surface area contributed by atoms with Crippen molar-refractivity contribution in [2.75, 3.05) is 18.4 Å². The highest BCUT2D eigenvalue weighted by Gasteiger charge is 2.10. The Morgan fingerprint density at radius 1 is 1.53 bits per heavy atom. The van der Waals surface area contributed by atoms with Crippen LogP contribution < -0.4 is 11.1 Å². The molecule has 2 rings (SSSR count). The Balaban J connectivity index is 2.21. The van der Waals surface area contributed by atoms with Gasteiger partial charge in [-0.1, -0.05) is 0 Å². The standard InChI is InChI=1S/C10H12N4O3/c11-4-1-5-12-10-13-8-6-7(14(15)16)2-3-9(8)17-10/h2-3,6H,1,4-5,11H2,(H,12,13). The SMILES string of the molecule is NCCCNc1nc2cc([N+](=O)[O-])ccc2o1. The quantitative estimate of drug-likeness (QED) is 0.462. The average Bonchev–Trinajstić information content (AvgIpc) is 2.70. The van der Waals surface area contributed by atoms with Gasteiger partial charge in [0.05, 0.1) is 4.92 Å². The van der Waals surface area contributed by atoms with Crippen LogP contribution in [0.5, 0.6) is 0 Å². The van der Waals surface area contributed by atoms with Gasteiger partial charge in [-0.25, -0.2) is 0 Å². The molecule has 90 valence electrons. The van der Waals surface area contributed by atoms with E-state index in [1.807, 2.05) is 0 Å². The molecule has 0 spiro atoms. The van der Waals surface area contributed by atoms with Crippen molar-refractivity contribution >= 4 is 22.8 Å². The highest BCUT2D eigenvalue weighted by atomic mass is 16.6. The lowest BCUT2D eigenvalue weighted by Gasteiger charge is -1.97. The maximum Gasteiger partial charge on any atom is 0.295 e.